The van der Waals surface area contributed by atoms with Gasteiger partial charge >= 0.3 is 0 Å². The van der Waals surface area contributed by atoms with Crippen molar-refractivity contribution >= 4 is 6.41 Å². The molecule has 1 atom stereocenters. The van der Waals surface area contributed by atoms with E-state index in [2.05, 4.69) is 12.2 Å². The molecule has 0 saturated carbocycles. The molecule has 3 heteroatoms. The van der Waals surface area contributed by atoms with Gasteiger partial charge in [-0.1, -0.05) is 71.1 Å². The summed E-state index contributed by atoms with van der Waals surface area (Å²) in [5.41, 5.74) is 0. The summed E-state index contributed by atoms with van der Waals surface area (Å²) in [6, 6.07) is 0. The van der Waals surface area contributed by atoms with Gasteiger partial charge in [0.1, 0.15) is 0 Å². The molecule has 0 aromatic carbocycles. The molecule has 0 heterocycles. The third-order valence-electron chi connectivity index (χ3n) is 3.33. The average molecular weight is 257 g/mol. The summed E-state index contributed by atoms with van der Waals surface area (Å²) >= 11 is 0. The molecule has 18 heavy (non-hydrogen) atoms. The Labute approximate surface area is 112 Å². The van der Waals surface area contributed by atoms with Gasteiger partial charge in [-0.2, -0.15) is 0 Å². The van der Waals surface area contributed by atoms with Crippen LogP contribution >= 0.6 is 0 Å². The van der Waals surface area contributed by atoms with Crippen LogP contribution in [0.3, 0.4) is 0 Å². The zero-order chi connectivity index (χ0) is 13.5. The first-order valence-electron chi connectivity index (χ1n) is 7.66. The predicted molar refractivity (Wildman–Crippen MR) is 76.5 cm³/mol. The van der Waals surface area contributed by atoms with E-state index in [1.807, 2.05) is 0 Å². The Bertz CT molecular complexity index is 174. The van der Waals surface area contributed by atoms with E-state index >= 15 is 0 Å². The Morgan fingerprint density at radius 2 is 1.44 bits per heavy atom. The number of amides is 1. The fraction of sp³-hybridized carbons (Fsp3) is 0.933. The van der Waals surface area contributed by atoms with E-state index in [0.29, 0.717) is 13.0 Å². The largest absolute Gasteiger partial charge is 0.391 e. The van der Waals surface area contributed by atoms with Crippen LogP contribution in [-0.4, -0.2) is 24.2 Å². The lowest BCUT2D eigenvalue weighted by Crippen LogP contribution is -2.25. The normalized spacial score (nSPS) is 12.3. The van der Waals surface area contributed by atoms with Crippen LogP contribution in [0.25, 0.3) is 0 Å². The molecule has 0 aromatic rings. The van der Waals surface area contributed by atoms with Crippen molar-refractivity contribution < 1.29 is 9.90 Å². The third-order valence-corrected chi connectivity index (χ3v) is 3.33. The van der Waals surface area contributed by atoms with Crippen molar-refractivity contribution in [3.8, 4) is 0 Å². The van der Waals surface area contributed by atoms with Crippen LogP contribution in [0.15, 0.2) is 0 Å². The monoisotopic (exact) mass is 257 g/mol. The predicted octanol–water partition coefficient (Wildman–Crippen LogP) is 3.40. The van der Waals surface area contributed by atoms with E-state index in [0.717, 1.165) is 12.8 Å². The van der Waals surface area contributed by atoms with E-state index in [1.165, 1.54) is 57.8 Å². The molecule has 0 aromatic heterocycles. The summed E-state index contributed by atoms with van der Waals surface area (Å²) in [5, 5.41) is 12.0. The van der Waals surface area contributed by atoms with Crippen molar-refractivity contribution in [3.63, 3.8) is 0 Å². The lowest BCUT2D eigenvalue weighted by Gasteiger charge is -2.09. The second kappa shape index (κ2) is 14.5. The molecule has 0 radical (unpaired) electrons. The van der Waals surface area contributed by atoms with Crippen LogP contribution in [0.2, 0.25) is 0 Å². The van der Waals surface area contributed by atoms with Crippen LogP contribution in [-0.2, 0) is 4.79 Å². The molecule has 0 spiro atoms. The van der Waals surface area contributed by atoms with E-state index in [9.17, 15) is 9.90 Å². The van der Waals surface area contributed by atoms with E-state index in [1.54, 1.807) is 0 Å². The molecule has 1 unspecified atom stereocenters. The maximum Gasteiger partial charge on any atom is 0.207 e. The highest BCUT2D eigenvalue weighted by molar-refractivity contribution is 5.45. The maximum atomic E-state index is 10.0. The molecule has 0 aliphatic heterocycles. The van der Waals surface area contributed by atoms with Crippen molar-refractivity contribution in [3.05, 3.63) is 0 Å². The second-order valence-electron chi connectivity index (χ2n) is 5.15. The van der Waals surface area contributed by atoms with Crippen molar-refractivity contribution in [2.45, 2.75) is 83.7 Å². The van der Waals surface area contributed by atoms with Gasteiger partial charge in [-0.05, 0) is 6.42 Å². The van der Waals surface area contributed by atoms with Crippen molar-refractivity contribution in [2.75, 3.05) is 6.54 Å². The Morgan fingerprint density at radius 1 is 0.944 bits per heavy atom. The number of rotatable bonds is 14. The summed E-state index contributed by atoms with van der Waals surface area (Å²) in [4.78, 5) is 10.0. The standard InChI is InChI=1S/C15H31NO2/c1-2-3-4-5-6-7-8-9-10-11-12-15(18)13-16-14-17/h14-15,18H,2-13H2,1H3,(H,16,17). The fourth-order valence-corrected chi connectivity index (χ4v) is 2.15. The van der Waals surface area contributed by atoms with E-state index < -0.39 is 0 Å². The van der Waals surface area contributed by atoms with Crippen molar-refractivity contribution in [2.24, 2.45) is 0 Å². The lowest BCUT2D eigenvalue weighted by molar-refractivity contribution is -0.110. The number of unbranched alkanes of at least 4 members (excludes halogenated alkanes) is 9. The quantitative estimate of drug-likeness (QED) is 0.370. The molecular weight excluding hydrogens is 226 g/mol. The number of nitrogens with one attached hydrogen (secondary N) is 1. The highest BCUT2D eigenvalue weighted by Gasteiger charge is 2.02. The molecule has 0 fully saturated rings. The number of hydrogen-bond donors (Lipinski definition) is 2. The van der Waals surface area contributed by atoms with Crippen LogP contribution in [0.5, 0.6) is 0 Å². The summed E-state index contributed by atoms with van der Waals surface area (Å²) in [5.74, 6) is 0. The first-order chi connectivity index (χ1) is 8.81. The number of aliphatic hydroxyl groups is 1. The minimum Gasteiger partial charge on any atom is -0.391 e. The molecule has 0 bridgehead atoms. The molecule has 0 saturated heterocycles. The number of aliphatic hydroxyl groups excluding tert-OH is 1. The third kappa shape index (κ3) is 13.5. The van der Waals surface area contributed by atoms with Gasteiger partial charge in [-0.3, -0.25) is 4.79 Å². The molecule has 0 aliphatic carbocycles. The molecule has 1 amide bonds. The molecule has 108 valence electrons. The molecule has 0 rings (SSSR count). The maximum absolute atomic E-state index is 10.0. The van der Waals surface area contributed by atoms with Gasteiger partial charge < -0.3 is 10.4 Å². The number of carbonyl (C=O) groups excluding carboxylic acids is 1. The van der Waals surface area contributed by atoms with Crippen molar-refractivity contribution in [1.29, 1.82) is 0 Å². The summed E-state index contributed by atoms with van der Waals surface area (Å²) < 4.78 is 0. The molecular formula is C15H31NO2. The molecule has 2 N–H and O–H groups in total. The van der Waals surface area contributed by atoms with Gasteiger partial charge in [0, 0.05) is 6.54 Å². The van der Waals surface area contributed by atoms with Gasteiger partial charge in [0.15, 0.2) is 0 Å². The van der Waals surface area contributed by atoms with Gasteiger partial charge in [-0.15, -0.1) is 0 Å². The van der Waals surface area contributed by atoms with Gasteiger partial charge in [-0.25, -0.2) is 0 Å². The highest BCUT2D eigenvalue weighted by atomic mass is 16.3. The number of carbonyl (C=O) groups is 1. The zero-order valence-corrected chi connectivity index (χ0v) is 12.0. The summed E-state index contributed by atoms with van der Waals surface area (Å²) in [7, 11) is 0. The number of hydrogen-bond acceptors (Lipinski definition) is 2. The highest BCUT2D eigenvalue weighted by Crippen LogP contribution is 2.11. The van der Waals surface area contributed by atoms with Crippen LogP contribution < -0.4 is 5.32 Å². The molecule has 3 nitrogen and oxygen atoms in total. The van der Waals surface area contributed by atoms with Crippen LogP contribution in [0.4, 0.5) is 0 Å². The van der Waals surface area contributed by atoms with Crippen LogP contribution in [0, 0.1) is 0 Å². The van der Waals surface area contributed by atoms with E-state index in [-0.39, 0.29) is 6.10 Å². The average Bonchev–Trinajstić information content (AvgIpc) is 2.38. The van der Waals surface area contributed by atoms with Crippen molar-refractivity contribution in [1.82, 2.24) is 5.32 Å². The Kier molecular flexibility index (Phi) is 14.0. The van der Waals surface area contributed by atoms with Crippen LogP contribution in [0.1, 0.15) is 77.6 Å². The second-order valence-corrected chi connectivity index (χ2v) is 5.15. The Balaban J connectivity index is 3.04. The van der Waals surface area contributed by atoms with Gasteiger partial charge in [0.25, 0.3) is 0 Å². The first-order valence-corrected chi connectivity index (χ1v) is 7.66. The van der Waals surface area contributed by atoms with Gasteiger partial charge in [0.2, 0.25) is 6.41 Å². The SMILES string of the molecule is CCCCCCCCCCCCC(O)CNC=O. The summed E-state index contributed by atoms with van der Waals surface area (Å²) in [6.07, 6.45) is 14.2. The summed E-state index contributed by atoms with van der Waals surface area (Å²) in [6.45, 7) is 2.64. The Morgan fingerprint density at radius 3 is 1.94 bits per heavy atom. The lowest BCUT2D eigenvalue weighted by atomic mass is 10.0. The topological polar surface area (TPSA) is 49.3 Å². The minimum absolute atomic E-state index is 0.371. The first kappa shape index (κ1) is 17.4. The fourth-order valence-electron chi connectivity index (χ4n) is 2.15. The smallest absolute Gasteiger partial charge is 0.207 e. The zero-order valence-electron chi connectivity index (χ0n) is 12.0. The minimum atomic E-state index is -0.371. The van der Waals surface area contributed by atoms with E-state index in [4.69, 9.17) is 0 Å². The van der Waals surface area contributed by atoms with Gasteiger partial charge in [0.05, 0.1) is 6.10 Å². The molecule has 0 aliphatic rings. The Hall–Kier alpha value is -0.570.